The van der Waals surface area contributed by atoms with E-state index in [1.165, 1.54) is 19.9 Å². The fraction of sp³-hybridized carbons (Fsp3) is 0.778. The van der Waals surface area contributed by atoms with Crippen molar-refractivity contribution in [3.05, 3.63) is 11.6 Å². The van der Waals surface area contributed by atoms with E-state index in [-0.39, 0.29) is 37.1 Å². The molecular formula is C27H36O9. The van der Waals surface area contributed by atoms with Gasteiger partial charge in [0.25, 0.3) is 0 Å². The molecule has 0 aromatic rings. The predicted octanol–water partition coefficient (Wildman–Crippen LogP) is 1.87. The molecule has 0 bridgehead atoms. The van der Waals surface area contributed by atoms with Crippen LogP contribution in [0.2, 0.25) is 0 Å². The molecule has 5 aliphatic rings. The quantitative estimate of drug-likeness (QED) is 0.436. The molecule has 0 amide bonds. The van der Waals surface area contributed by atoms with Crippen molar-refractivity contribution >= 4 is 23.7 Å². The maximum absolute atomic E-state index is 14.0. The van der Waals surface area contributed by atoms with Crippen LogP contribution < -0.4 is 0 Å². The number of carbonyl (C=O) groups excluding carboxylic acids is 4. The molecule has 4 aliphatic carbocycles. The number of carbonyl (C=O) groups is 4. The van der Waals surface area contributed by atoms with E-state index in [2.05, 4.69) is 0 Å². The van der Waals surface area contributed by atoms with Gasteiger partial charge in [0.2, 0.25) is 0 Å². The van der Waals surface area contributed by atoms with E-state index in [1.54, 1.807) is 0 Å². The van der Waals surface area contributed by atoms with E-state index in [0.717, 1.165) is 6.42 Å². The van der Waals surface area contributed by atoms with E-state index in [0.29, 0.717) is 24.8 Å². The zero-order chi connectivity index (χ0) is 26.2. The summed E-state index contributed by atoms with van der Waals surface area (Å²) in [5.74, 6) is -2.68. The van der Waals surface area contributed by atoms with E-state index >= 15 is 0 Å². The molecule has 0 radical (unpaired) electrons. The van der Waals surface area contributed by atoms with E-state index < -0.39 is 64.5 Å². The van der Waals surface area contributed by atoms with Crippen LogP contribution in [-0.4, -0.2) is 64.4 Å². The Morgan fingerprint density at radius 2 is 1.69 bits per heavy atom. The van der Waals surface area contributed by atoms with Crippen LogP contribution in [0.5, 0.6) is 0 Å². The number of ketones is 1. The molecule has 10 atom stereocenters. The Balaban J connectivity index is 1.52. The van der Waals surface area contributed by atoms with Crippen molar-refractivity contribution in [3.8, 4) is 0 Å². The van der Waals surface area contributed by atoms with Crippen molar-refractivity contribution in [2.24, 2.45) is 34.5 Å². The second kappa shape index (κ2) is 8.38. The highest BCUT2D eigenvalue weighted by Crippen LogP contribution is 2.69. The summed E-state index contributed by atoms with van der Waals surface area (Å²) in [6.45, 7) is 6.60. The first-order chi connectivity index (χ1) is 16.8. The van der Waals surface area contributed by atoms with Crippen molar-refractivity contribution in [3.63, 3.8) is 0 Å². The third kappa shape index (κ3) is 3.56. The lowest BCUT2D eigenvalue weighted by Crippen LogP contribution is -2.66. The molecule has 4 saturated carbocycles. The molecular weight excluding hydrogens is 468 g/mol. The van der Waals surface area contributed by atoms with Crippen LogP contribution in [0.4, 0.5) is 0 Å². The largest absolute Gasteiger partial charge is 0.462 e. The summed E-state index contributed by atoms with van der Waals surface area (Å²) < 4.78 is 16.2. The number of ether oxygens (including phenoxy) is 3. The summed E-state index contributed by atoms with van der Waals surface area (Å²) in [5, 5.41) is 23.4. The SMILES string of the molecule is CC(=O)OC1CC2CCC3C(C(=O)CC4(C)C(C5=CC(=O)OC5)C(OC(C)=O)CC34O)C2(C)CC1O. The van der Waals surface area contributed by atoms with Crippen LogP contribution >= 0.6 is 0 Å². The smallest absolute Gasteiger partial charge is 0.331 e. The number of esters is 3. The minimum atomic E-state index is -1.31. The van der Waals surface area contributed by atoms with Gasteiger partial charge in [-0.05, 0) is 48.5 Å². The minimum Gasteiger partial charge on any atom is -0.462 e. The Kier molecular flexibility index (Phi) is 5.91. The lowest BCUT2D eigenvalue weighted by atomic mass is 9.42. The van der Waals surface area contributed by atoms with Crippen LogP contribution in [0.15, 0.2) is 11.6 Å². The van der Waals surface area contributed by atoms with E-state index in [4.69, 9.17) is 14.2 Å². The van der Waals surface area contributed by atoms with Gasteiger partial charge in [0.1, 0.15) is 24.6 Å². The predicted molar refractivity (Wildman–Crippen MR) is 124 cm³/mol. The molecule has 5 rings (SSSR count). The molecule has 9 nitrogen and oxygen atoms in total. The molecule has 36 heavy (non-hydrogen) atoms. The van der Waals surface area contributed by atoms with Crippen molar-refractivity contribution in [1.82, 2.24) is 0 Å². The number of fused-ring (bicyclic) bond motifs is 5. The Morgan fingerprint density at radius 1 is 1.03 bits per heavy atom. The van der Waals surface area contributed by atoms with Gasteiger partial charge < -0.3 is 24.4 Å². The zero-order valence-corrected chi connectivity index (χ0v) is 21.3. The highest BCUT2D eigenvalue weighted by molar-refractivity contribution is 5.87. The molecule has 2 N–H and O–H groups in total. The number of hydrogen-bond acceptors (Lipinski definition) is 9. The summed E-state index contributed by atoms with van der Waals surface area (Å²) >= 11 is 0. The normalized spacial score (nSPS) is 47.7. The Hall–Kier alpha value is -2.26. The van der Waals surface area contributed by atoms with Crippen LogP contribution in [-0.2, 0) is 33.4 Å². The molecule has 9 heteroatoms. The van der Waals surface area contributed by atoms with Crippen LogP contribution in [0.1, 0.15) is 66.2 Å². The lowest BCUT2D eigenvalue weighted by Gasteiger charge is -2.62. The van der Waals surface area contributed by atoms with Gasteiger partial charge >= 0.3 is 17.9 Å². The first kappa shape index (κ1) is 25.4. The number of Topliss-reactive ketones (excluding diaryl/α,β-unsaturated/α-hetero) is 1. The first-order valence-corrected chi connectivity index (χ1v) is 12.9. The maximum Gasteiger partial charge on any atom is 0.331 e. The molecule has 0 saturated heterocycles. The van der Waals surface area contributed by atoms with E-state index in [1.807, 2.05) is 13.8 Å². The Labute approximate surface area is 210 Å². The molecule has 0 aromatic carbocycles. The fourth-order valence-corrected chi connectivity index (χ4v) is 8.92. The molecule has 0 spiro atoms. The highest BCUT2D eigenvalue weighted by Gasteiger charge is 2.73. The third-order valence-corrected chi connectivity index (χ3v) is 10.2. The maximum atomic E-state index is 14.0. The average Bonchev–Trinajstić information content (AvgIpc) is 3.25. The van der Waals surface area contributed by atoms with Gasteiger partial charge in [0.05, 0.1) is 11.7 Å². The number of hydrogen-bond donors (Lipinski definition) is 2. The molecule has 10 unspecified atom stereocenters. The third-order valence-electron chi connectivity index (χ3n) is 10.2. The van der Waals surface area contributed by atoms with Gasteiger partial charge in [0.15, 0.2) is 0 Å². The fourth-order valence-electron chi connectivity index (χ4n) is 8.92. The van der Waals surface area contributed by atoms with Crippen molar-refractivity contribution < 1.29 is 43.6 Å². The van der Waals surface area contributed by atoms with Crippen molar-refractivity contribution in [1.29, 1.82) is 0 Å². The summed E-state index contributed by atoms with van der Waals surface area (Å²) in [4.78, 5) is 49.5. The van der Waals surface area contributed by atoms with Gasteiger partial charge in [-0.2, -0.15) is 0 Å². The summed E-state index contributed by atoms with van der Waals surface area (Å²) in [5.41, 5.74) is -2.17. The van der Waals surface area contributed by atoms with Gasteiger partial charge in [-0.1, -0.05) is 13.8 Å². The zero-order valence-electron chi connectivity index (χ0n) is 21.3. The Bertz CT molecular complexity index is 1030. The van der Waals surface area contributed by atoms with Gasteiger partial charge in [-0.15, -0.1) is 0 Å². The van der Waals surface area contributed by atoms with Crippen molar-refractivity contribution in [2.45, 2.75) is 90.1 Å². The minimum absolute atomic E-state index is 0.0248. The number of aliphatic hydroxyl groups excluding tert-OH is 1. The van der Waals surface area contributed by atoms with Crippen molar-refractivity contribution in [2.75, 3.05) is 6.61 Å². The Morgan fingerprint density at radius 3 is 2.31 bits per heavy atom. The molecule has 4 fully saturated rings. The standard InChI is InChI=1S/C27H36O9/c1-13(28)35-20-8-16-5-6-17-24(25(16,3)9-18(20)30)19(31)10-26(4)23(15-7-22(32)34-12-15)21(36-14(2)29)11-27(17,26)33/h7,16-18,20-21,23-24,30,33H,5-6,8-12H2,1-4H3. The van der Waals surface area contributed by atoms with Crippen LogP contribution in [0.3, 0.4) is 0 Å². The molecule has 0 aromatic heterocycles. The highest BCUT2D eigenvalue weighted by atomic mass is 16.6. The number of cyclic esters (lactones) is 1. The summed E-state index contributed by atoms with van der Waals surface area (Å²) in [6, 6.07) is 0. The second-order valence-electron chi connectivity index (χ2n) is 12.2. The molecule has 1 aliphatic heterocycles. The van der Waals surface area contributed by atoms with Gasteiger partial charge in [-0.25, -0.2) is 4.79 Å². The van der Waals surface area contributed by atoms with Gasteiger partial charge in [0, 0.05) is 50.0 Å². The lowest BCUT2D eigenvalue weighted by molar-refractivity contribution is -0.216. The number of aliphatic hydroxyl groups is 2. The van der Waals surface area contributed by atoms with Crippen LogP contribution in [0, 0.1) is 34.5 Å². The molecule has 1 heterocycles. The van der Waals surface area contributed by atoms with Crippen LogP contribution in [0.25, 0.3) is 0 Å². The summed E-state index contributed by atoms with van der Waals surface area (Å²) in [6.07, 6.45) is 1.59. The monoisotopic (exact) mass is 504 g/mol. The average molecular weight is 505 g/mol. The number of rotatable bonds is 3. The second-order valence-corrected chi connectivity index (χ2v) is 12.2. The van der Waals surface area contributed by atoms with E-state index in [9.17, 15) is 29.4 Å². The van der Waals surface area contributed by atoms with Gasteiger partial charge in [-0.3, -0.25) is 14.4 Å². The summed E-state index contributed by atoms with van der Waals surface area (Å²) in [7, 11) is 0. The topological polar surface area (TPSA) is 136 Å². The first-order valence-electron chi connectivity index (χ1n) is 12.9. The molecule has 198 valence electrons.